The molecule has 0 bridgehead atoms. The van der Waals surface area contributed by atoms with Crippen LogP contribution in [-0.4, -0.2) is 73.9 Å². The van der Waals surface area contributed by atoms with E-state index in [4.69, 9.17) is 0 Å². The molecule has 12 nitrogen and oxygen atoms in total. The second-order valence-electron chi connectivity index (χ2n) is 16.9. The molecule has 2 N–H and O–H groups in total. The second kappa shape index (κ2) is 19.1. The molecule has 0 aromatic heterocycles. The van der Waals surface area contributed by atoms with Crippen LogP contribution < -0.4 is 42.4 Å². The van der Waals surface area contributed by atoms with Gasteiger partial charge in [0.15, 0.2) is 0 Å². The van der Waals surface area contributed by atoms with Gasteiger partial charge in [-0.3, -0.25) is 0 Å². The van der Waals surface area contributed by atoms with E-state index in [1.54, 1.807) is 26.1 Å². The van der Waals surface area contributed by atoms with Crippen molar-refractivity contribution < 1.29 is 50.0 Å². The number of carbonyl (C=O) groups is 6. The third kappa shape index (κ3) is 8.13. The first-order valence-electron chi connectivity index (χ1n) is 22.1. The van der Waals surface area contributed by atoms with Gasteiger partial charge in [-0.1, -0.05) is 48.5 Å². The number of benzene rings is 5. The minimum absolute atomic E-state index is 0.0554. The van der Waals surface area contributed by atoms with Gasteiger partial charge in [0.05, 0.1) is 0 Å². The van der Waals surface area contributed by atoms with Gasteiger partial charge in [0, 0.05) is 6.54 Å². The first-order valence-corrected chi connectivity index (χ1v) is 29.3. The van der Waals surface area contributed by atoms with Crippen LogP contribution in [0.2, 0.25) is 0 Å². The van der Waals surface area contributed by atoms with Gasteiger partial charge in [0.25, 0.3) is 0 Å². The monoisotopic (exact) mass is 1140 g/mol. The molecule has 2 unspecified atom stereocenters. The zero-order valence-corrected chi connectivity index (χ0v) is 42.1. The number of nitrogens with one attached hydrogen (secondary N) is 2. The maximum atomic E-state index is 14.6. The van der Waals surface area contributed by atoms with Crippen LogP contribution in [0, 0.1) is 5.92 Å². The molecule has 0 radical (unpaired) electrons. The van der Waals surface area contributed by atoms with Crippen molar-refractivity contribution in [1.82, 2.24) is 30.7 Å². The molecule has 0 aliphatic carbocycles. The number of amides is 6. The summed E-state index contributed by atoms with van der Waals surface area (Å²) in [7, 11) is -3.05. The predicted octanol–water partition coefficient (Wildman–Crippen LogP) is 4.24. The summed E-state index contributed by atoms with van der Waals surface area (Å²) < 4.78 is 1.53. The predicted molar refractivity (Wildman–Crippen MR) is 259 cm³/mol. The number of hydrogen-bond donors (Lipinski definition) is 2. The van der Waals surface area contributed by atoms with Crippen LogP contribution in [0.25, 0.3) is 0 Å². The molecular weight excluding hydrogens is 1100 g/mol. The van der Waals surface area contributed by atoms with E-state index in [1.807, 2.05) is 122 Å². The number of carbonyl (C=O) groups excluding carboxylic acids is 6. The van der Waals surface area contributed by atoms with Crippen molar-refractivity contribution in [2.75, 3.05) is 8.86 Å². The Bertz CT molecular complexity index is 2730. The number of alkyl halides is 3. The Balaban J connectivity index is 1.13. The van der Waals surface area contributed by atoms with Crippen LogP contribution in [0.3, 0.4) is 0 Å². The third-order valence-corrected chi connectivity index (χ3v) is 24.8. The molecule has 7 atom stereocenters. The molecule has 10 rings (SSSR count). The van der Waals surface area contributed by atoms with Crippen LogP contribution in [0.1, 0.15) is 93.2 Å². The number of rotatable bonds is 11. The third-order valence-electron chi connectivity index (χ3n) is 12.9. The molecule has 5 aromatic rings. The Morgan fingerprint density at radius 1 is 0.606 bits per heavy atom. The fourth-order valence-electron chi connectivity index (χ4n) is 9.74. The van der Waals surface area contributed by atoms with E-state index >= 15 is 0 Å². The molecule has 338 valence electrons. The molecule has 6 amide bonds. The Hall–Kier alpha value is -4.76. The Morgan fingerprint density at radius 3 is 1.67 bits per heavy atom. The summed E-state index contributed by atoms with van der Waals surface area (Å²) in [4.78, 5) is 86.3. The molecule has 66 heavy (non-hydrogen) atoms. The van der Waals surface area contributed by atoms with Crippen LogP contribution in [0.15, 0.2) is 133 Å². The molecule has 5 fully saturated rings. The van der Waals surface area contributed by atoms with Crippen molar-refractivity contribution in [3.63, 3.8) is 0 Å². The van der Waals surface area contributed by atoms with E-state index in [1.165, 1.54) is 0 Å². The summed E-state index contributed by atoms with van der Waals surface area (Å²) in [6.45, 7) is 2.26. The van der Waals surface area contributed by atoms with Gasteiger partial charge in [-0.25, -0.2) is 0 Å². The zero-order chi connectivity index (χ0) is 45.6. The summed E-state index contributed by atoms with van der Waals surface area (Å²) in [6.07, 6.45) is 0.328. The molecule has 5 aromatic carbocycles. The van der Waals surface area contributed by atoms with E-state index in [2.05, 4.69) is 45.4 Å². The molecule has 0 spiro atoms. The van der Waals surface area contributed by atoms with Crippen molar-refractivity contribution in [1.29, 1.82) is 0 Å². The number of hydrogen-bond acceptors (Lipinski definition) is 6. The van der Waals surface area contributed by atoms with Gasteiger partial charge in [0.1, 0.15) is 0 Å². The summed E-state index contributed by atoms with van der Waals surface area (Å²) >= 11 is 2.27. The normalized spacial score (nSPS) is 24.6. The van der Waals surface area contributed by atoms with E-state index < -0.39 is 31.2 Å². The average molecular weight is 1140 g/mol. The minimum Gasteiger partial charge on any atom is -0.0622 e. The molecule has 16 heteroatoms. The van der Waals surface area contributed by atoms with E-state index in [0.29, 0.717) is 28.8 Å². The number of fused-ring (bicyclic) bond motifs is 2. The molecular formula is C50H47I2N6O6P2-. The van der Waals surface area contributed by atoms with E-state index in [-0.39, 0.29) is 100 Å². The van der Waals surface area contributed by atoms with Gasteiger partial charge in [-0.05, 0) is 5.56 Å². The fourth-order valence-corrected chi connectivity index (χ4v) is 22.3. The summed E-state index contributed by atoms with van der Waals surface area (Å²) in [5.41, 5.74) is 4.08. The Labute approximate surface area is 410 Å². The number of hydrazine groups is 2. The van der Waals surface area contributed by atoms with Crippen molar-refractivity contribution in [3.8, 4) is 0 Å². The van der Waals surface area contributed by atoms with Crippen LogP contribution in [-0.2, 0) is 25.7 Å². The van der Waals surface area contributed by atoms with Crippen LogP contribution in [0.5, 0.6) is 0 Å². The molecule has 5 aliphatic rings. The van der Waals surface area contributed by atoms with E-state index in [0.717, 1.165) is 30.6 Å². The van der Waals surface area contributed by atoms with Gasteiger partial charge >= 0.3 is 352 Å². The first-order chi connectivity index (χ1) is 32.1. The van der Waals surface area contributed by atoms with Crippen molar-refractivity contribution >= 4 is 84.5 Å². The van der Waals surface area contributed by atoms with Crippen LogP contribution in [0.4, 0.5) is 0 Å². The smallest absolute Gasteiger partial charge is 0.0622 e. The topological polar surface area (TPSA) is 139 Å². The Kier molecular flexibility index (Phi) is 13.0. The molecule has 5 saturated heterocycles. The van der Waals surface area contributed by atoms with Gasteiger partial charge < -0.3 is 0 Å². The fraction of sp³-hybridized carbons (Fsp3) is 0.280. The minimum atomic E-state index is -1.54. The van der Waals surface area contributed by atoms with E-state index in [9.17, 15) is 28.8 Å². The zero-order valence-electron chi connectivity index (χ0n) is 36.0. The van der Waals surface area contributed by atoms with Gasteiger partial charge in [-0.2, -0.15) is 0 Å². The Morgan fingerprint density at radius 2 is 1.08 bits per heavy atom. The number of halogens is 2. The average Bonchev–Trinajstić information content (AvgIpc) is 3.84. The van der Waals surface area contributed by atoms with Crippen molar-refractivity contribution in [2.24, 2.45) is 5.92 Å². The first kappa shape index (κ1) is 45.0. The van der Waals surface area contributed by atoms with Gasteiger partial charge in [0.2, 0.25) is 0 Å². The van der Waals surface area contributed by atoms with Gasteiger partial charge in [-0.15, -0.1) is 0 Å². The van der Waals surface area contributed by atoms with Crippen molar-refractivity contribution in [3.05, 3.63) is 167 Å². The SMILES string of the molecule is C[C@H](NC(=O)c1ccccc1[C@H]1N2C(=O)CCC(=O)N2[C@H](C2C[I-]C2)P1c1ccccc1P1[C@@H](I)N2C(=O)CCC(=O)N2[C@@H]1c1ccccc1C(=O)NCc1ccccc1)c1ccccc1. The van der Waals surface area contributed by atoms with Crippen molar-refractivity contribution in [2.45, 2.75) is 66.3 Å². The molecule has 0 saturated carbocycles. The molecule has 5 aliphatic heterocycles. The summed E-state index contributed by atoms with van der Waals surface area (Å²) in [6, 6.07) is 42.2. The van der Waals surface area contributed by atoms with Crippen LogP contribution >= 0.6 is 38.4 Å². The summed E-state index contributed by atoms with van der Waals surface area (Å²) in [5, 5.41) is 15.0. The maximum absolute atomic E-state index is 14.6. The molecule has 5 heterocycles. The standard InChI is InChI=1S/C50H47I2N6O6P2/c1-31(33-16-6-3-7-17-33)54-46(64)36-19-9-11-21-38(36)48-56-42(60)25-24-41(59)55(56)47(34-28-52-29-34)65(48)39-22-12-13-23-40(39)66-49(57-43(61)26-27-44(62)58(57)50(66)51)37-20-10-8-18-35(37)45(63)53-30-32-14-4-2-5-15-32/h2-23,31,34,47-50H,24-30H2,1H3,(H,53,63)(H,54,64)/q-1/t31-,47-,48-,49-,50-,65?,66?/m0/s1. The number of nitrogens with zero attached hydrogens (tertiary/aromatic N) is 4. The second-order valence-corrected chi connectivity index (χ2v) is 26.5. The summed E-state index contributed by atoms with van der Waals surface area (Å²) in [5.74, 6) is -2.67. The quantitative estimate of drug-likeness (QED) is 0.0880.